The zero-order valence-electron chi connectivity index (χ0n) is 15.2. The first-order chi connectivity index (χ1) is 12.7. The van der Waals surface area contributed by atoms with E-state index in [4.69, 9.17) is 4.98 Å². The van der Waals surface area contributed by atoms with Gasteiger partial charge in [-0.15, -0.1) is 0 Å². The van der Waals surface area contributed by atoms with Crippen molar-refractivity contribution >= 4 is 22.8 Å². The number of aromatic nitrogens is 4. The van der Waals surface area contributed by atoms with Gasteiger partial charge in [0.05, 0.1) is 22.9 Å². The molecule has 0 radical (unpaired) electrons. The largest absolute Gasteiger partial charge is 0.337 e. The summed E-state index contributed by atoms with van der Waals surface area (Å²) in [4.78, 5) is 22.4. The van der Waals surface area contributed by atoms with Crippen LogP contribution < -0.4 is 5.32 Å². The molecule has 0 atom stereocenters. The predicted octanol–water partition coefficient (Wildman–Crippen LogP) is 3.84. The van der Waals surface area contributed by atoms with E-state index in [9.17, 15) is 4.79 Å². The van der Waals surface area contributed by atoms with Crippen LogP contribution in [0, 0.1) is 6.92 Å². The number of nitrogens with one attached hydrogen (secondary N) is 3. The topological polar surface area (TPSA) is 89.7 Å². The first-order valence-corrected chi connectivity index (χ1v) is 9.24. The highest BCUT2D eigenvalue weighted by Crippen LogP contribution is 2.27. The van der Waals surface area contributed by atoms with Crippen LogP contribution in [0.5, 0.6) is 0 Å². The summed E-state index contributed by atoms with van der Waals surface area (Å²) in [5.41, 5.74) is 5.79. The molecule has 0 bridgehead atoms. The highest BCUT2D eigenvalue weighted by atomic mass is 16.2. The first-order valence-electron chi connectivity index (χ1n) is 9.24. The SMILES string of the molecule is CCc1cc2nc(-c3[nH]ncc3NC(=O)N3CCCCC3)[nH]c2cc1C. The smallest absolute Gasteiger partial charge is 0.321 e. The van der Waals surface area contributed by atoms with Gasteiger partial charge in [0.1, 0.15) is 5.69 Å². The van der Waals surface area contributed by atoms with Crippen molar-refractivity contribution in [3.8, 4) is 11.5 Å². The summed E-state index contributed by atoms with van der Waals surface area (Å²) in [6.07, 6.45) is 5.93. The van der Waals surface area contributed by atoms with E-state index in [0.29, 0.717) is 17.2 Å². The van der Waals surface area contributed by atoms with Crippen molar-refractivity contribution in [1.29, 1.82) is 0 Å². The number of carbonyl (C=O) groups excluding carboxylic acids is 1. The standard InChI is InChI=1S/C19H24N6O/c1-3-13-10-15-14(9-12(13)2)21-18(22-15)17-16(11-20-24-17)23-19(26)25-7-5-4-6-8-25/h9-11H,3-8H2,1-2H3,(H,20,24)(H,21,22)(H,23,26). The molecule has 0 aliphatic carbocycles. The molecule has 2 amide bonds. The van der Waals surface area contributed by atoms with Crippen LogP contribution in [0.1, 0.15) is 37.3 Å². The third-order valence-corrected chi connectivity index (χ3v) is 5.08. The average Bonchev–Trinajstić information content (AvgIpc) is 3.27. The number of rotatable bonds is 3. The fourth-order valence-electron chi connectivity index (χ4n) is 3.56. The molecule has 7 heteroatoms. The molecule has 3 heterocycles. The van der Waals surface area contributed by atoms with Gasteiger partial charge >= 0.3 is 6.03 Å². The number of piperidine rings is 1. The van der Waals surface area contributed by atoms with Crippen LogP contribution in [-0.4, -0.2) is 44.2 Å². The Kier molecular flexibility index (Phi) is 4.36. The van der Waals surface area contributed by atoms with Crippen LogP contribution in [-0.2, 0) is 6.42 Å². The molecule has 1 aromatic carbocycles. The van der Waals surface area contributed by atoms with Gasteiger partial charge in [0, 0.05) is 13.1 Å². The Labute approximate surface area is 152 Å². The Morgan fingerprint density at radius 2 is 2.08 bits per heavy atom. The number of hydrogen-bond acceptors (Lipinski definition) is 3. The minimum absolute atomic E-state index is 0.0763. The lowest BCUT2D eigenvalue weighted by molar-refractivity contribution is 0.200. The highest BCUT2D eigenvalue weighted by molar-refractivity contribution is 5.93. The number of nitrogens with zero attached hydrogens (tertiary/aromatic N) is 3. The minimum Gasteiger partial charge on any atom is -0.337 e. The van der Waals surface area contributed by atoms with Crippen LogP contribution in [0.2, 0.25) is 0 Å². The molecular weight excluding hydrogens is 328 g/mol. The molecular formula is C19H24N6O. The molecule has 1 saturated heterocycles. The summed E-state index contributed by atoms with van der Waals surface area (Å²) >= 11 is 0. The molecule has 3 aromatic rings. The fourth-order valence-corrected chi connectivity index (χ4v) is 3.56. The molecule has 2 aromatic heterocycles. The normalized spacial score (nSPS) is 14.8. The van der Waals surface area contributed by atoms with Crippen LogP contribution >= 0.6 is 0 Å². The van der Waals surface area contributed by atoms with Crippen LogP contribution in [0.25, 0.3) is 22.6 Å². The Bertz CT molecular complexity index is 935. The van der Waals surface area contributed by atoms with E-state index in [1.807, 2.05) is 4.90 Å². The highest BCUT2D eigenvalue weighted by Gasteiger charge is 2.20. The number of fused-ring (bicyclic) bond motifs is 1. The molecule has 7 nitrogen and oxygen atoms in total. The first kappa shape index (κ1) is 16.6. The van der Waals surface area contributed by atoms with Crippen molar-refractivity contribution in [1.82, 2.24) is 25.1 Å². The maximum atomic E-state index is 12.5. The van der Waals surface area contributed by atoms with Gasteiger partial charge in [-0.1, -0.05) is 6.92 Å². The van der Waals surface area contributed by atoms with Gasteiger partial charge in [-0.05, 0) is 55.9 Å². The Balaban J connectivity index is 1.62. The molecule has 3 N–H and O–H groups in total. The second-order valence-corrected chi connectivity index (χ2v) is 6.87. The number of imidazole rings is 1. The van der Waals surface area contributed by atoms with Crippen molar-refractivity contribution in [2.45, 2.75) is 39.5 Å². The van der Waals surface area contributed by atoms with Gasteiger partial charge in [0.2, 0.25) is 0 Å². The van der Waals surface area contributed by atoms with Crippen molar-refractivity contribution in [3.05, 3.63) is 29.5 Å². The van der Waals surface area contributed by atoms with E-state index < -0.39 is 0 Å². The number of anilines is 1. The maximum Gasteiger partial charge on any atom is 0.321 e. The van der Waals surface area contributed by atoms with Crippen molar-refractivity contribution in [2.24, 2.45) is 0 Å². The van der Waals surface area contributed by atoms with Crippen LogP contribution in [0.15, 0.2) is 18.3 Å². The van der Waals surface area contributed by atoms with Gasteiger partial charge in [0.25, 0.3) is 0 Å². The fraction of sp³-hybridized carbons (Fsp3) is 0.421. The Hall–Kier alpha value is -2.83. The van der Waals surface area contributed by atoms with Crippen molar-refractivity contribution in [2.75, 3.05) is 18.4 Å². The van der Waals surface area contributed by atoms with E-state index in [-0.39, 0.29) is 6.03 Å². The second-order valence-electron chi connectivity index (χ2n) is 6.87. The van der Waals surface area contributed by atoms with E-state index in [2.05, 4.69) is 46.5 Å². The summed E-state index contributed by atoms with van der Waals surface area (Å²) in [7, 11) is 0. The lowest BCUT2D eigenvalue weighted by Gasteiger charge is -2.26. The molecule has 0 spiro atoms. The van der Waals surface area contributed by atoms with Crippen molar-refractivity contribution in [3.63, 3.8) is 0 Å². The average molecular weight is 352 g/mol. The number of urea groups is 1. The predicted molar refractivity (Wildman–Crippen MR) is 102 cm³/mol. The molecule has 4 rings (SSSR count). The van der Waals surface area contributed by atoms with Crippen molar-refractivity contribution < 1.29 is 4.79 Å². The van der Waals surface area contributed by atoms with Gasteiger partial charge < -0.3 is 15.2 Å². The minimum atomic E-state index is -0.0763. The number of hydrogen-bond donors (Lipinski definition) is 3. The number of aromatic amines is 2. The molecule has 0 unspecified atom stereocenters. The Morgan fingerprint density at radius 3 is 2.85 bits per heavy atom. The van der Waals surface area contributed by atoms with Gasteiger partial charge in [-0.25, -0.2) is 9.78 Å². The third-order valence-electron chi connectivity index (χ3n) is 5.08. The second kappa shape index (κ2) is 6.82. The molecule has 26 heavy (non-hydrogen) atoms. The molecule has 1 aliphatic rings. The van der Waals surface area contributed by atoms with E-state index in [1.54, 1.807) is 6.20 Å². The number of H-pyrrole nitrogens is 2. The summed E-state index contributed by atoms with van der Waals surface area (Å²) in [6, 6.07) is 4.16. The summed E-state index contributed by atoms with van der Waals surface area (Å²) in [6.45, 7) is 5.87. The molecule has 1 fully saturated rings. The van der Waals surface area contributed by atoms with Gasteiger partial charge in [-0.3, -0.25) is 5.10 Å². The zero-order valence-corrected chi connectivity index (χ0v) is 15.2. The third kappa shape index (κ3) is 3.05. The van der Waals surface area contributed by atoms with Crippen LogP contribution in [0.4, 0.5) is 10.5 Å². The molecule has 1 aliphatic heterocycles. The number of aryl methyl sites for hydroxylation is 2. The molecule has 136 valence electrons. The van der Waals surface area contributed by atoms with Gasteiger partial charge in [0.15, 0.2) is 5.82 Å². The van der Waals surface area contributed by atoms with E-state index in [0.717, 1.165) is 43.4 Å². The maximum absolute atomic E-state index is 12.5. The molecule has 0 saturated carbocycles. The summed E-state index contributed by atoms with van der Waals surface area (Å²) < 4.78 is 0. The monoisotopic (exact) mass is 352 g/mol. The lowest BCUT2D eigenvalue weighted by Crippen LogP contribution is -2.38. The summed E-state index contributed by atoms with van der Waals surface area (Å²) in [5.74, 6) is 0.680. The zero-order chi connectivity index (χ0) is 18.1. The number of benzene rings is 1. The van der Waals surface area contributed by atoms with E-state index in [1.165, 1.54) is 17.5 Å². The lowest BCUT2D eigenvalue weighted by atomic mass is 10.1. The van der Waals surface area contributed by atoms with Crippen LogP contribution in [0.3, 0.4) is 0 Å². The van der Waals surface area contributed by atoms with Gasteiger partial charge in [-0.2, -0.15) is 5.10 Å². The number of amides is 2. The number of carbonyl (C=O) groups is 1. The Morgan fingerprint density at radius 1 is 1.27 bits per heavy atom. The summed E-state index contributed by atoms with van der Waals surface area (Å²) in [5, 5.41) is 10.0. The quantitative estimate of drug-likeness (QED) is 0.669. The van der Waals surface area contributed by atoms with E-state index >= 15 is 0 Å². The number of likely N-dealkylation sites (tertiary alicyclic amines) is 1.